The number of phenolic OH excluding ortho intramolecular Hbond substituents is 1. The van der Waals surface area contributed by atoms with E-state index in [0.29, 0.717) is 22.5 Å². The van der Waals surface area contributed by atoms with E-state index in [-0.39, 0.29) is 23.0 Å². The van der Waals surface area contributed by atoms with E-state index in [1.54, 1.807) is 0 Å². The van der Waals surface area contributed by atoms with Crippen molar-refractivity contribution in [3.63, 3.8) is 0 Å². The summed E-state index contributed by atoms with van der Waals surface area (Å²) in [5.74, 6) is 0.652. The van der Waals surface area contributed by atoms with E-state index in [4.69, 9.17) is 12.7 Å². The van der Waals surface area contributed by atoms with Crippen LogP contribution < -0.4 is 0 Å². The van der Waals surface area contributed by atoms with Crippen molar-refractivity contribution in [2.24, 2.45) is 11.8 Å². The fourth-order valence-electron chi connectivity index (χ4n) is 11.4. The predicted molar refractivity (Wildman–Crippen MR) is 309 cm³/mol. The molecule has 10 aromatic rings. The summed E-state index contributed by atoms with van der Waals surface area (Å²) in [6, 6.07) is 66.0. The smallest absolute Gasteiger partial charge is 0.149 e. The summed E-state index contributed by atoms with van der Waals surface area (Å²) in [7, 11) is 0. The number of aromatic nitrogens is 3. The molecule has 0 spiro atoms. The van der Waals surface area contributed by atoms with Crippen LogP contribution in [0, 0.1) is 11.8 Å². The molecular formula is C70H65N3O. The number of nitrogens with zero attached hydrogens (tertiary/aromatic N) is 3. The van der Waals surface area contributed by atoms with E-state index in [1.807, 2.05) is 109 Å². The standard InChI is InChI=1S/C70H65N3O/c1-70(2,3)59-42-57(41-58(43-59)64-46-55(36-37-71-64)52-33-30-49(31-34-52)38-47-18-13-14-19-47)60-28-17-29-66-67(60)72-69(63-45-56(51-22-7-4-8-23-51)44-62(68(63)74)54-26-11-6-12-27-54)73(66)65-35-32-50(39-48-20-15-16-21-48)40-61(65)53-24-9-5-10-25-53/h4-12,17,22-37,40-48,74H,13-16,18-21,38-39H2,1-3H3/i38D2,39D2. The van der Waals surface area contributed by atoms with Gasteiger partial charge in [0, 0.05) is 33.9 Å². The maximum Gasteiger partial charge on any atom is 0.149 e. The molecule has 8 aromatic carbocycles. The van der Waals surface area contributed by atoms with Crippen LogP contribution in [0.15, 0.2) is 200 Å². The van der Waals surface area contributed by atoms with Crippen LogP contribution in [0.25, 0.3) is 95.0 Å². The van der Waals surface area contributed by atoms with Crippen LogP contribution in [0.4, 0.5) is 0 Å². The van der Waals surface area contributed by atoms with Crippen molar-refractivity contribution in [2.45, 2.75) is 90.3 Å². The number of hydrogen-bond donors (Lipinski definition) is 1. The maximum atomic E-state index is 12.9. The van der Waals surface area contributed by atoms with E-state index in [2.05, 4.69) is 116 Å². The zero-order valence-electron chi connectivity index (χ0n) is 46.7. The number of aromatic hydroxyl groups is 1. The van der Waals surface area contributed by atoms with Gasteiger partial charge in [-0.05, 0) is 140 Å². The minimum absolute atomic E-state index is 0.0513. The molecule has 2 aliphatic rings. The molecule has 2 heterocycles. The third kappa shape index (κ3) is 9.62. The van der Waals surface area contributed by atoms with E-state index >= 15 is 0 Å². The Kier molecular flexibility index (Phi) is 11.7. The van der Waals surface area contributed by atoms with Gasteiger partial charge >= 0.3 is 0 Å². The second-order valence-electron chi connectivity index (χ2n) is 21.5. The average molecular weight is 968 g/mol. The zero-order chi connectivity index (χ0) is 53.8. The van der Waals surface area contributed by atoms with Crippen molar-refractivity contribution in [3.8, 4) is 89.7 Å². The van der Waals surface area contributed by atoms with Crippen LogP contribution >= 0.6 is 0 Å². The molecule has 4 nitrogen and oxygen atoms in total. The molecule has 2 saturated carbocycles. The lowest BCUT2D eigenvalue weighted by Crippen LogP contribution is -2.11. The van der Waals surface area contributed by atoms with Gasteiger partial charge in [-0.3, -0.25) is 9.55 Å². The normalized spacial score (nSPS) is 15.5. The Morgan fingerprint density at radius 3 is 1.73 bits per heavy atom. The summed E-state index contributed by atoms with van der Waals surface area (Å²) in [5, 5.41) is 12.9. The molecule has 2 fully saturated rings. The Labute approximate surface area is 443 Å². The summed E-state index contributed by atoms with van der Waals surface area (Å²) < 4.78 is 39.4. The predicted octanol–water partition coefficient (Wildman–Crippen LogP) is 18.6. The molecule has 0 atom stereocenters. The number of rotatable bonds is 12. The van der Waals surface area contributed by atoms with Crippen LogP contribution in [-0.4, -0.2) is 19.6 Å². The number of para-hydroxylation sites is 1. The first-order chi connectivity index (χ1) is 37.7. The second kappa shape index (κ2) is 20.2. The minimum Gasteiger partial charge on any atom is -0.507 e. The maximum absolute atomic E-state index is 12.9. The van der Waals surface area contributed by atoms with Gasteiger partial charge in [-0.15, -0.1) is 0 Å². The highest BCUT2D eigenvalue weighted by Crippen LogP contribution is 2.46. The molecule has 366 valence electrons. The van der Waals surface area contributed by atoms with Crippen molar-refractivity contribution in [2.75, 3.05) is 0 Å². The van der Waals surface area contributed by atoms with Gasteiger partial charge in [0.05, 0.1) is 28.0 Å². The quantitative estimate of drug-likeness (QED) is 0.133. The molecule has 0 saturated heterocycles. The number of fused-ring (bicyclic) bond motifs is 1. The first kappa shape index (κ1) is 42.7. The third-order valence-electron chi connectivity index (χ3n) is 15.4. The lowest BCUT2D eigenvalue weighted by atomic mass is 9.83. The Bertz CT molecular complexity index is 3800. The molecule has 4 heteroatoms. The van der Waals surface area contributed by atoms with E-state index in [0.717, 1.165) is 141 Å². The van der Waals surface area contributed by atoms with Gasteiger partial charge in [0.2, 0.25) is 0 Å². The minimum atomic E-state index is -1.53. The zero-order valence-corrected chi connectivity index (χ0v) is 42.7. The third-order valence-corrected chi connectivity index (χ3v) is 15.4. The largest absolute Gasteiger partial charge is 0.507 e. The monoisotopic (exact) mass is 968 g/mol. The number of phenols is 1. The second-order valence-corrected chi connectivity index (χ2v) is 21.5. The van der Waals surface area contributed by atoms with Crippen LogP contribution in [0.1, 0.15) is 94.3 Å². The fraction of sp³-hybridized carbons (Fsp3) is 0.229. The van der Waals surface area contributed by atoms with Gasteiger partial charge in [0.1, 0.15) is 11.6 Å². The molecule has 0 radical (unpaired) electrons. The fourth-order valence-corrected chi connectivity index (χ4v) is 11.4. The highest BCUT2D eigenvalue weighted by atomic mass is 16.3. The molecule has 0 aliphatic heterocycles. The summed E-state index contributed by atoms with van der Waals surface area (Å²) in [6.07, 6.45) is 6.83. The average Bonchev–Trinajstić information content (AvgIpc) is 4.36. The molecule has 74 heavy (non-hydrogen) atoms. The molecule has 2 aromatic heterocycles. The number of pyridine rings is 1. The van der Waals surface area contributed by atoms with E-state index < -0.39 is 12.7 Å². The van der Waals surface area contributed by atoms with Crippen LogP contribution in [0.3, 0.4) is 0 Å². The van der Waals surface area contributed by atoms with Crippen LogP contribution in [-0.2, 0) is 18.2 Å². The van der Waals surface area contributed by atoms with E-state index in [1.165, 1.54) is 0 Å². The Morgan fingerprint density at radius 1 is 0.486 bits per heavy atom. The van der Waals surface area contributed by atoms with E-state index in [9.17, 15) is 7.85 Å². The summed E-state index contributed by atoms with van der Waals surface area (Å²) in [5.41, 5.74) is 16.3. The molecule has 2 aliphatic carbocycles. The van der Waals surface area contributed by atoms with Gasteiger partial charge < -0.3 is 5.11 Å². The Morgan fingerprint density at radius 2 is 1.07 bits per heavy atom. The van der Waals surface area contributed by atoms with Crippen molar-refractivity contribution in [3.05, 3.63) is 217 Å². The van der Waals surface area contributed by atoms with Gasteiger partial charge in [-0.1, -0.05) is 212 Å². The van der Waals surface area contributed by atoms with Crippen molar-refractivity contribution in [1.82, 2.24) is 14.5 Å². The molecule has 0 unspecified atom stereocenters. The summed E-state index contributed by atoms with van der Waals surface area (Å²) >= 11 is 0. The van der Waals surface area contributed by atoms with Gasteiger partial charge in [-0.2, -0.15) is 0 Å². The molecule has 12 rings (SSSR count). The van der Waals surface area contributed by atoms with Crippen molar-refractivity contribution < 1.29 is 10.6 Å². The molecule has 0 amide bonds. The lowest BCUT2D eigenvalue weighted by molar-refractivity contribution is 0.479. The highest BCUT2D eigenvalue weighted by molar-refractivity contribution is 5.99. The first-order valence-electron chi connectivity index (χ1n) is 28.7. The number of imidazole rings is 1. The highest BCUT2D eigenvalue weighted by Gasteiger charge is 2.27. The lowest BCUT2D eigenvalue weighted by Gasteiger charge is -2.22. The summed E-state index contributed by atoms with van der Waals surface area (Å²) in [6.45, 7) is 6.70. The molecular weight excluding hydrogens is 899 g/mol. The molecule has 1 N–H and O–H groups in total. The van der Waals surface area contributed by atoms with Gasteiger partial charge in [0.25, 0.3) is 0 Å². The topological polar surface area (TPSA) is 50.9 Å². The SMILES string of the molecule is [2H]C([2H])(c1ccc(-c2ccnc(-c3cc(-c4cccc5c4nc(-c4cc(-c6ccccc6)cc(-c6ccccc6)c4O)n5-c4ccc(C([2H])([2H])C5CCCC5)cc4-c4ccccc4)cc(C(C)(C)C)c3)c2)cc1)C1CCCC1. The Hall–Kier alpha value is -7.82. The van der Waals surface area contributed by atoms with Gasteiger partial charge in [-0.25, -0.2) is 4.98 Å². The van der Waals surface area contributed by atoms with Crippen molar-refractivity contribution in [1.29, 1.82) is 0 Å². The Balaban J connectivity index is 1.07. The van der Waals surface area contributed by atoms with Crippen LogP contribution in [0.2, 0.25) is 0 Å². The van der Waals surface area contributed by atoms with Crippen molar-refractivity contribution >= 4 is 11.0 Å². The number of benzene rings is 8. The molecule has 0 bridgehead atoms. The number of hydrogen-bond acceptors (Lipinski definition) is 3. The van der Waals surface area contributed by atoms with Gasteiger partial charge in [0.15, 0.2) is 0 Å². The summed E-state index contributed by atoms with van der Waals surface area (Å²) in [4.78, 5) is 10.7. The van der Waals surface area contributed by atoms with Crippen LogP contribution in [0.5, 0.6) is 5.75 Å². The first-order valence-corrected chi connectivity index (χ1v) is 26.7.